The van der Waals surface area contributed by atoms with Crippen LogP contribution in [0.2, 0.25) is 0 Å². The second-order valence-electron chi connectivity index (χ2n) is 6.40. The predicted octanol–water partition coefficient (Wildman–Crippen LogP) is 3.91. The third-order valence-electron chi connectivity index (χ3n) is 4.47. The Balaban J connectivity index is 1.46. The standard InChI is InChI=1S/C22H20N4O5/c1-28-16-8-9-17(18(12-16)29-2)20-23-22(26-25-20)24-21(27)19-14(10-11-30-19)13-31-15-6-4-3-5-7-15/h3-12H,13H2,1-2H3,(H2,23,24,25,26,27). The summed E-state index contributed by atoms with van der Waals surface area (Å²) in [4.78, 5) is 17.0. The Kier molecular flexibility index (Phi) is 5.84. The molecular weight excluding hydrogens is 400 g/mol. The van der Waals surface area contributed by atoms with Crippen molar-refractivity contribution in [3.05, 3.63) is 72.2 Å². The molecule has 0 unspecified atom stereocenters. The zero-order valence-electron chi connectivity index (χ0n) is 16.9. The van der Waals surface area contributed by atoms with E-state index in [-0.39, 0.29) is 18.3 Å². The molecule has 31 heavy (non-hydrogen) atoms. The number of hydrogen-bond acceptors (Lipinski definition) is 7. The van der Waals surface area contributed by atoms with E-state index in [1.165, 1.54) is 6.26 Å². The number of nitrogens with one attached hydrogen (secondary N) is 2. The maximum absolute atomic E-state index is 12.7. The number of methoxy groups -OCH3 is 2. The molecule has 0 saturated heterocycles. The van der Waals surface area contributed by atoms with Gasteiger partial charge in [-0.05, 0) is 30.3 Å². The number of aromatic amines is 1. The normalized spacial score (nSPS) is 10.5. The van der Waals surface area contributed by atoms with Gasteiger partial charge in [0, 0.05) is 11.6 Å². The number of anilines is 1. The van der Waals surface area contributed by atoms with Crippen molar-refractivity contribution >= 4 is 11.9 Å². The van der Waals surface area contributed by atoms with Gasteiger partial charge in [-0.25, -0.2) is 0 Å². The van der Waals surface area contributed by atoms with Gasteiger partial charge in [0.1, 0.15) is 23.9 Å². The molecule has 2 aromatic carbocycles. The van der Waals surface area contributed by atoms with Gasteiger partial charge >= 0.3 is 0 Å². The molecule has 2 N–H and O–H groups in total. The average molecular weight is 420 g/mol. The van der Waals surface area contributed by atoms with Crippen LogP contribution in [0.15, 0.2) is 65.3 Å². The molecular formula is C22H20N4O5. The molecule has 2 aromatic heterocycles. The third-order valence-corrected chi connectivity index (χ3v) is 4.47. The highest BCUT2D eigenvalue weighted by Crippen LogP contribution is 2.31. The van der Waals surface area contributed by atoms with Crippen LogP contribution in [0.3, 0.4) is 0 Å². The Hall–Kier alpha value is -4.27. The Bertz CT molecular complexity index is 1170. The molecule has 4 aromatic rings. The van der Waals surface area contributed by atoms with Gasteiger partial charge in [-0.2, -0.15) is 4.98 Å². The Morgan fingerprint density at radius 2 is 1.90 bits per heavy atom. The Morgan fingerprint density at radius 1 is 1.06 bits per heavy atom. The molecule has 158 valence electrons. The second kappa shape index (κ2) is 9.04. The largest absolute Gasteiger partial charge is 0.497 e. The van der Waals surface area contributed by atoms with Crippen molar-refractivity contribution in [1.82, 2.24) is 15.2 Å². The first kappa shape index (κ1) is 20.0. The number of rotatable bonds is 8. The number of carbonyl (C=O) groups excluding carboxylic acids is 1. The fraction of sp³-hybridized carbons (Fsp3) is 0.136. The lowest BCUT2D eigenvalue weighted by atomic mass is 10.2. The summed E-state index contributed by atoms with van der Waals surface area (Å²) in [6, 6.07) is 16.3. The van der Waals surface area contributed by atoms with Crippen LogP contribution in [0.1, 0.15) is 16.1 Å². The number of H-pyrrole nitrogens is 1. The molecule has 0 saturated carbocycles. The van der Waals surface area contributed by atoms with Crippen LogP contribution in [0.25, 0.3) is 11.4 Å². The van der Waals surface area contributed by atoms with Gasteiger partial charge in [0.05, 0.1) is 26.0 Å². The fourth-order valence-corrected chi connectivity index (χ4v) is 2.92. The monoisotopic (exact) mass is 420 g/mol. The summed E-state index contributed by atoms with van der Waals surface area (Å²) in [5, 5.41) is 9.48. The Morgan fingerprint density at radius 3 is 2.68 bits per heavy atom. The maximum Gasteiger partial charge on any atom is 0.294 e. The van der Waals surface area contributed by atoms with Crippen LogP contribution in [-0.4, -0.2) is 35.3 Å². The molecule has 0 spiro atoms. The van der Waals surface area contributed by atoms with E-state index in [0.717, 1.165) is 0 Å². The molecule has 0 aliphatic rings. The van der Waals surface area contributed by atoms with E-state index in [4.69, 9.17) is 18.6 Å². The number of furan rings is 1. The summed E-state index contributed by atoms with van der Waals surface area (Å²) in [6.45, 7) is 0.186. The van der Waals surface area contributed by atoms with Crippen molar-refractivity contribution in [3.63, 3.8) is 0 Å². The van der Waals surface area contributed by atoms with Crippen LogP contribution in [-0.2, 0) is 6.61 Å². The first-order chi connectivity index (χ1) is 15.2. The van der Waals surface area contributed by atoms with E-state index in [0.29, 0.717) is 34.2 Å². The van der Waals surface area contributed by atoms with Gasteiger partial charge in [0.2, 0.25) is 5.95 Å². The molecule has 9 nitrogen and oxygen atoms in total. The van der Waals surface area contributed by atoms with Crippen molar-refractivity contribution in [3.8, 4) is 28.6 Å². The quantitative estimate of drug-likeness (QED) is 0.444. The molecule has 9 heteroatoms. The summed E-state index contributed by atoms with van der Waals surface area (Å²) in [5.41, 5.74) is 1.28. The number of aromatic nitrogens is 3. The lowest BCUT2D eigenvalue weighted by molar-refractivity contribution is 0.0992. The molecule has 1 amide bonds. The van der Waals surface area contributed by atoms with Gasteiger partial charge in [0.15, 0.2) is 11.6 Å². The van der Waals surface area contributed by atoms with Crippen LogP contribution in [0.4, 0.5) is 5.95 Å². The van der Waals surface area contributed by atoms with E-state index < -0.39 is 5.91 Å². The minimum Gasteiger partial charge on any atom is -0.497 e. The minimum absolute atomic E-state index is 0.101. The highest BCUT2D eigenvalue weighted by atomic mass is 16.5. The first-order valence-electron chi connectivity index (χ1n) is 9.38. The van der Waals surface area contributed by atoms with Crippen LogP contribution in [0, 0.1) is 0 Å². The lowest BCUT2D eigenvalue weighted by Crippen LogP contribution is -2.14. The van der Waals surface area contributed by atoms with Crippen LogP contribution < -0.4 is 19.5 Å². The molecule has 0 atom stereocenters. The van der Waals surface area contributed by atoms with Crippen LogP contribution >= 0.6 is 0 Å². The minimum atomic E-state index is -0.482. The molecule has 0 aliphatic heterocycles. The Labute approximate surface area is 178 Å². The molecule has 4 rings (SSSR count). The zero-order chi connectivity index (χ0) is 21.6. The summed E-state index contributed by atoms with van der Waals surface area (Å²) in [6.07, 6.45) is 1.43. The van der Waals surface area contributed by atoms with Gasteiger partial charge in [-0.15, -0.1) is 5.10 Å². The number of benzene rings is 2. The molecule has 0 fully saturated rings. The van der Waals surface area contributed by atoms with E-state index in [1.807, 2.05) is 30.3 Å². The predicted molar refractivity (Wildman–Crippen MR) is 112 cm³/mol. The lowest BCUT2D eigenvalue weighted by Gasteiger charge is -2.07. The maximum atomic E-state index is 12.7. The van der Waals surface area contributed by atoms with Crippen molar-refractivity contribution in [2.75, 3.05) is 19.5 Å². The highest BCUT2D eigenvalue weighted by Gasteiger charge is 2.19. The fourth-order valence-electron chi connectivity index (χ4n) is 2.92. The van der Waals surface area contributed by atoms with Crippen molar-refractivity contribution in [2.45, 2.75) is 6.61 Å². The SMILES string of the molecule is COc1ccc(-c2nc(NC(=O)c3occc3COc3ccccc3)n[nH]2)c(OC)c1. The van der Waals surface area contributed by atoms with Gasteiger partial charge in [-0.3, -0.25) is 15.2 Å². The number of carbonyl (C=O) groups is 1. The smallest absolute Gasteiger partial charge is 0.294 e. The average Bonchev–Trinajstić information content (AvgIpc) is 3.47. The molecule has 0 radical (unpaired) electrons. The number of nitrogens with zero attached hydrogens (tertiary/aromatic N) is 2. The third kappa shape index (κ3) is 4.50. The van der Waals surface area contributed by atoms with Gasteiger partial charge < -0.3 is 18.6 Å². The number of para-hydroxylation sites is 1. The van der Waals surface area contributed by atoms with E-state index in [9.17, 15) is 4.79 Å². The zero-order valence-corrected chi connectivity index (χ0v) is 16.9. The first-order valence-corrected chi connectivity index (χ1v) is 9.38. The second-order valence-corrected chi connectivity index (χ2v) is 6.40. The summed E-state index contributed by atoms with van der Waals surface area (Å²) < 4.78 is 21.6. The summed E-state index contributed by atoms with van der Waals surface area (Å²) in [5.74, 6) is 2.08. The highest BCUT2D eigenvalue weighted by molar-refractivity contribution is 6.02. The van der Waals surface area contributed by atoms with E-state index >= 15 is 0 Å². The number of hydrogen-bond donors (Lipinski definition) is 2. The molecule has 2 heterocycles. The molecule has 0 aliphatic carbocycles. The summed E-state index contributed by atoms with van der Waals surface area (Å²) in [7, 11) is 3.12. The van der Waals surface area contributed by atoms with E-state index in [2.05, 4.69) is 20.5 Å². The van der Waals surface area contributed by atoms with Crippen molar-refractivity contribution < 1.29 is 23.4 Å². The van der Waals surface area contributed by atoms with E-state index in [1.54, 1.807) is 38.5 Å². The van der Waals surface area contributed by atoms with Crippen LogP contribution in [0.5, 0.6) is 17.2 Å². The van der Waals surface area contributed by atoms with Gasteiger partial charge in [0.25, 0.3) is 5.91 Å². The number of ether oxygens (including phenoxy) is 3. The van der Waals surface area contributed by atoms with Gasteiger partial charge in [-0.1, -0.05) is 18.2 Å². The molecule has 0 bridgehead atoms. The van der Waals surface area contributed by atoms with Crippen molar-refractivity contribution in [1.29, 1.82) is 0 Å². The topological polar surface area (TPSA) is 112 Å². The number of amides is 1. The summed E-state index contributed by atoms with van der Waals surface area (Å²) >= 11 is 0. The van der Waals surface area contributed by atoms with Crippen molar-refractivity contribution in [2.24, 2.45) is 0 Å².